The molecule has 0 radical (unpaired) electrons. The molecule has 1 heterocycles. The van der Waals surface area contributed by atoms with Gasteiger partial charge in [-0.05, 0) is 37.0 Å². The normalized spacial score (nSPS) is 10.9. The lowest BCUT2D eigenvalue weighted by Gasteiger charge is -2.18. The molecule has 2 rings (SSSR count). The number of aliphatic carboxylic acids is 1. The molecular weight excluding hydrogens is 356 g/mol. The van der Waals surface area contributed by atoms with Gasteiger partial charge in [0.2, 0.25) is 0 Å². The molecule has 2 N–H and O–H groups in total. The summed E-state index contributed by atoms with van der Waals surface area (Å²) in [6.45, 7) is 10.1. The van der Waals surface area contributed by atoms with E-state index in [-0.39, 0.29) is 18.8 Å². The Kier molecular flexibility index (Phi) is 8.49. The summed E-state index contributed by atoms with van der Waals surface area (Å²) >= 11 is 0. The maximum atomic E-state index is 11.9. The second-order valence-corrected chi connectivity index (χ2v) is 6.68. The summed E-state index contributed by atoms with van der Waals surface area (Å²) in [6.07, 6.45) is 7.92. The first-order valence-corrected chi connectivity index (χ1v) is 9.50. The Morgan fingerprint density at radius 1 is 1.14 bits per heavy atom. The molecule has 1 aromatic heterocycles. The summed E-state index contributed by atoms with van der Waals surface area (Å²) in [5.41, 5.74) is 2.13. The molecule has 0 aliphatic heterocycles. The number of aromatic amines is 1. The Morgan fingerprint density at radius 3 is 2.54 bits per heavy atom. The topological polar surface area (TPSA) is 82.6 Å². The van der Waals surface area contributed by atoms with Crippen molar-refractivity contribution in [3.63, 3.8) is 0 Å². The van der Waals surface area contributed by atoms with Gasteiger partial charge in [-0.3, -0.25) is 14.5 Å². The molecule has 1 aromatic carbocycles. The number of rotatable bonds is 13. The number of nitrogens with one attached hydrogen (secondary N) is 1. The van der Waals surface area contributed by atoms with Gasteiger partial charge >= 0.3 is 11.9 Å². The number of hydrogen-bond acceptors (Lipinski definition) is 4. The van der Waals surface area contributed by atoms with Crippen molar-refractivity contribution in [2.75, 3.05) is 19.6 Å². The van der Waals surface area contributed by atoms with Crippen molar-refractivity contribution < 1.29 is 19.4 Å². The summed E-state index contributed by atoms with van der Waals surface area (Å²) in [5, 5.41) is 9.72. The van der Waals surface area contributed by atoms with E-state index >= 15 is 0 Å². The van der Waals surface area contributed by atoms with Crippen LogP contribution in [0.15, 0.2) is 49.7 Å². The predicted octanol–water partition coefficient (Wildman–Crippen LogP) is 3.93. The molecule has 0 aliphatic rings. The first-order valence-electron chi connectivity index (χ1n) is 9.50. The fraction of sp³-hybridized carbons (Fsp3) is 0.364. The SMILES string of the molecule is C=CCN(CC=C)CCc1c[nH]c2cc(OC(=O)CCCCC(=O)O)ccc12. The highest BCUT2D eigenvalue weighted by molar-refractivity contribution is 5.85. The van der Waals surface area contributed by atoms with Gasteiger partial charge in [-0.1, -0.05) is 12.2 Å². The minimum absolute atomic E-state index is 0.0710. The molecule has 0 bridgehead atoms. The second kappa shape index (κ2) is 11.1. The van der Waals surface area contributed by atoms with Gasteiger partial charge in [-0.15, -0.1) is 13.2 Å². The first-order chi connectivity index (χ1) is 13.5. The number of unbranched alkanes of at least 4 members (excludes halogenated alkanes) is 1. The molecule has 0 fully saturated rings. The number of ether oxygens (including phenoxy) is 1. The van der Waals surface area contributed by atoms with Crippen LogP contribution in [0.2, 0.25) is 0 Å². The molecule has 28 heavy (non-hydrogen) atoms. The third-order valence-corrected chi connectivity index (χ3v) is 4.46. The molecule has 150 valence electrons. The maximum absolute atomic E-state index is 11.9. The Morgan fingerprint density at radius 2 is 1.86 bits per heavy atom. The average Bonchev–Trinajstić information content (AvgIpc) is 3.06. The smallest absolute Gasteiger partial charge is 0.311 e. The molecule has 0 saturated carbocycles. The average molecular weight is 384 g/mol. The molecule has 2 aromatic rings. The third kappa shape index (κ3) is 6.70. The van der Waals surface area contributed by atoms with Crippen molar-refractivity contribution >= 4 is 22.8 Å². The molecule has 0 spiro atoms. The molecule has 6 nitrogen and oxygen atoms in total. The number of carbonyl (C=O) groups is 2. The van der Waals surface area contributed by atoms with Crippen LogP contribution in [0.25, 0.3) is 10.9 Å². The van der Waals surface area contributed by atoms with Gasteiger partial charge in [0.15, 0.2) is 0 Å². The number of hydrogen-bond donors (Lipinski definition) is 2. The van der Waals surface area contributed by atoms with Crippen LogP contribution in [0.3, 0.4) is 0 Å². The minimum atomic E-state index is -0.849. The third-order valence-electron chi connectivity index (χ3n) is 4.46. The lowest BCUT2D eigenvalue weighted by molar-refractivity contribution is -0.138. The van der Waals surface area contributed by atoms with Crippen molar-refractivity contribution in [2.24, 2.45) is 0 Å². The maximum Gasteiger partial charge on any atom is 0.311 e. The predicted molar refractivity (Wildman–Crippen MR) is 111 cm³/mol. The summed E-state index contributed by atoms with van der Waals surface area (Å²) in [4.78, 5) is 27.9. The highest BCUT2D eigenvalue weighted by Crippen LogP contribution is 2.24. The van der Waals surface area contributed by atoms with Crippen LogP contribution in [0.4, 0.5) is 0 Å². The van der Waals surface area contributed by atoms with Gasteiger partial charge in [0.1, 0.15) is 5.75 Å². The monoisotopic (exact) mass is 384 g/mol. The van der Waals surface area contributed by atoms with Crippen molar-refractivity contribution in [2.45, 2.75) is 32.1 Å². The van der Waals surface area contributed by atoms with Crippen LogP contribution in [0, 0.1) is 0 Å². The van der Waals surface area contributed by atoms with E-state index < -0.39 is 5.97 Å². The van der Waals surface area contributed by atoms with Crippen LogP contribution in [-0.2, 0) is 16.0 Å². The summed E-state index contributed by atoms with van der Waals surface area (Å²) in [7, 11) is 0. The summed E-state index contributed by atoms with van der Waals surface area (Å²) < 4.78 is 5.36. The first kappa shape index (κ1) is 21.4. The van der Waals surface area contributed by atoms with E-state index in [4.69, 9.17) is 9.84 Å². The molecule has 0 atom stereocenters. The molecule has 0 unspecified atom stereocenters. The number of carboxylic acids is 1. The lowest BCUT2D eigenvalue weighted by atomic mass is 10.1. The van der Waals surface area contributed by atoms with Gasteiger partial charge < -0.3 is 14.8 Å². The highest BCUT2D eigenvalue weighted by atomic mass is 16.5. The number of nitrogens with zero attached hydrogens (tertiary/aromatic N) is 1. The van der Waals surface area contributed by atoms with E-state index in [1.165, 1.54) is 5.56 Å². The fourth-order valence-electron chi connectivity index (χ4n) is 3.06. The zero-order chi connectivity index (χ0) is 20.4. The summed E-state index contributed by atoms with van der Waals surface area (Å²) in [6, 6.07) is 5.57. The Labute approximate surface area is 165 Å². The Balaban J connectivity index is 1.92. The van der Waals surface area contributed by atoms with Gasteiger partial charge in [0, 0.05) is 55.6 Å². The molecule has 0 amide bonds. The van der Waals surface area contributed by atoms with Crippen molar-refractivity contribution in [1.29, 1.82) is 0 Å². The van der Waals surface area contributed by atoms with Gasteiger partial charge in [-0.25, -0.2) is 0 Å². The van der Waals surface area contributed by atoms with E-state index in [0.717, 1.165) is 37.0 Å². The molecule has 0 saturated heterocycles. The standard InChI is InChI=1S/C22H28N2O4/c1-3-12-24(13-4-2)14-11-17-16-23-20-15-18(9-10-19(17)20)28-22(27)8-6-5-7-21(25)26/h3-4,9-10,15-16,23H,1-2,5-8,11-14H2,(H,25,26). The number of fused-ring (bicyclic) bond motifs is 1. The van der Waals surface area contributed by atoms with Crippen molar-refractivity contribution in [1.82, 2.24) is 9.88 Å². The van der Waals surface area contributed by atoms with E-state index in [1.54, 1.807) is 6.07 Å². The van der Waals surface area contributed by atoms with E-state index in [2.05, 4.69) is 23.0 Å². The van der Waals surface area contributed by atoms with Crippen LogP contribution in [0.5, 0.6) is 5.75 Å². The van der Waals surface area contributed by atoms with Crippen LogP contribution < -0.4 is 4.74 Å². The van der Waals surface area contributed by atoms with Crippen molar-refractivity contribution in [3.8, 4) is 5.75 Å². The molecular formula is C22H28N2O4. The Bertz CT molecular complexity index is 815. The quantitative estimate of drug-likeness (QED) is 0.237. The van der Waals surface area contributed by atoms with Gasteiger partial charge in [0.25, 0.3) is 0 Å². The number of carbonyl (C=O) groups excluding carboxylic acids is 1. The highest BCUT2D eigenvalue weighted by Gasteiger charge is 2.10. The second-order valence-electron chi connectivity index (χ2n) is 6.68. The fourth-order valence-corrected chi connectivity index (χ4v) is 3.06. The van der Waals surface area contributed by atoms with Crippen LogP contribution in [0.1, 0.15) is 31.2 Å². The number of carboxylic acid groups (broad SMARTS) is 1. The van der Waals surface area contributed by atoms with E-state index in [0.29, 0.717) is 18.6 Å². The van der Waals surface area contributed by atoms with Crippen LogP contribution >= 0.6 is 0 Å². The largest absolute Gasteiger partial charge is 0.481 e. The zero-order valence-electron chi connectivity index (χ0n) is 16.2. The summed E-state index contributed by atoms with van der Waals surface area (Å²) in [5.74, 6) is -0.705. The van der Waals surface area contributed by atoms with E-state index in [1.807, 2.05) is 30.5 Å². The van der Waals surface area contributed by atoms with Gasteiger partial charge in [-0.2, -0.15) is 0 Å². The zero-order valence-corrected chi connectivity index (χ0v) is 16.2. The number of H-pyrrole nitrogens is 1. The number of esters is 1. The lowest BCUT2D eigenvalue weighted by Crippen LogP contribution is -2.26. The number of aromatic nitrogens is 1. The van der Waals surface area contributed by atoms with Crippen molar-refractivity contribution in [3.05, 3.63) is 55.3 Å². The van der Waals surface area contributed by atoms with Gasteiger partial charge in [0.05, 0.1) is 0 Å². The molecule has 6 heteroatoms. The molecule has 0 aliphatic carbocycles. The minimum Gasteiger partial charge on any atom is -0.481 e. The van der Waals surface area contributed by atoms with Crippen LogP contribution in [-0.4, -0.2) is 46.6 Å². The van der Waals surface area contributed by atoms with E-state index in [9.17, 15) is 9.59 Å². The number of benzene rings is 1. The Hall–Kier alpha value is -2.86.